The molecule has 0 radical (unpaired) electrons. The van der Waals surface area contributed by atoms with Gasteiger partial charge < -0.3 is 5.32 Å². The standard InChI is InChI=1S/C14H18BrNO/c1-9-4-5-11(12(15)6-9)13(17)16-8-10-7-14(10,2)3/h4-6,10H,7-8H2,1-3H3,(H,16,17). The number of halogens is 1. The van der Waals surface area contributed by atoms with Crippen molar-refractivity contribution in [2.24, 2.45) is 11.3 Å². The molecule has 1 saturated carbocycles. The van der Waals surface area contributed by atoms with Gasteiger partial charge in [0.1, 0.15) is 0 Å². The number of carbonyl (C=O) groups excluding carboxylic acids is 1. The molecule has 3 heteroatoms. The van der Waals surface area contributed by atoms with Gasteiger partial charge in [-0.2, -0.15) is 0 Å². The number of carbonyl (C=O) groups is 1. The number of nitrogens with one attached hydrogen (secondary N) is 1. The van der Waals surface area contributed by atoms with Crippen LogP contribution in [0.2, 0.25) is 0 Å². The van der Waals surface area contributed by atoms with Crippen LogP contribution in [0.3, 0.4) is 0 Å². The van der Waals surface area contributed by atoms with E-state index in [1.54, 1.807) is 0 Å². The molecule has 1 aliphatic carbocycles. The molecule has 92 valence electrons. The zero-order valence-corrected chi connectivity index (χ0v) is 12.1. The number of aryl methyl sites for hydroxylation is 1. The third-order valence-electron chi connectivity index (χ3n) is 3.60. The van der Waals surface area contributed by atoms with Crippen LogP contribution in [0.15, 0.2) is 22.7 Å². The summed E-state index contributed by atoms with van der Waals surface area (Å²) >= 11 is 3.43. The van der Waals surface area contributed by atoms with Crippen LogP contribution in [-0.4, -0.2) is 12.5 Å². The first-order valence-electron chi connectivity index (χ1n) is 5.94. The van der Waals surface area contributed by atoms with Crippen LogP contribution in [0.5, 0.6) is 0 Å². The molecule has 0 aromatic heterocycles. The molecule has 1 atom stereocenters. The van der Waals surface area contributed by atoms with E-state index >= 15 is 0 Å². The van der Waals surface area contributed by atoms with E-state index < -0.39 is 0 Å². The van der Waals surface area contributed by atoms with E-state index in [1.807, 2.05) is 25.1 Å². The van der Waals surface area contributed by atoms with E-state index in [0.29, 0.717) is 16.9 Å². The van der Waals surface area contributed by atoms with Gasteiger partial charge in [-0.05, 0) is 58.3 Å². The maximum atomic E-state index is 12.0. The summed E-state index contributed by atoms with van der Waals surface area (Å²) in [7, 11) is 0. The second-order valence-corrected chi connectivity index (χ2v) is 6.44. The highest BCUT2D eigenvalue weighted by Crippen LogP contribution is 2.50. The van der Waals surface area contributed by atoms with Crippen LogP contribution in [0.4, 0.5) is 0 Å². The average Bonchev–Trinajstić information content (AvgIpc) is 2.83. The third kappa shape index (κ3) is 2.89. The van der Waals surface area contributed by atoms with Crippen LogP contribution in [-0.2, 0) is 0 Å². The molecular weight excluding hydrogens is 278 g/mol. The Hall–Kier alpha value is -0.830. The Morgan fingerprint density at radius 3 is 2.71 bits per heavy atom. The Morgan fingerprint density at radius 1 is 1.53 bits per heavy atom. The van der Waals surface area contributed by atoms with Crippen molar-refractivity contribution in [3.8, 4) is 0 Å². The third-order valence-corrected chi connectivity index (χ3v) is 4.25. The Bertz CT molecular complexity index is 454. The van der Waals surface area contributed by atoms with Crippen molar-refractivity contribution in [2.45, 2.75) is 27.2 Å². The number of hydrogen-bond acceptors (Lipinski definition) is 1. The van der Waals surface area contributed by atoms with E-state index in [2.05, 4.69) is 35.1 Å². The zero-order valence-electron chi connectivity index (χ0n) is 10.5. The van der Waals surface area contributed by atoms with Gasteiger partial charge >= 0.3 is 0 Å². The number of rotatable bonds is 3. The van der Waals surface area contributed by atoms with Crippen molar-refractivity contribution < 1.29 is 4.79 Å². The maximum absolute atomic E-state index is 12.0. The monoisotopic (exact) mass is 295 g/mol. The summed E-state index contributed by atoms with van der Waals surface area (Å²) in [5, 5.41) is 3.01. The SMILES string of the molecule is Cc1ccc(C(=O)NCC2CC2(C)C)c(Br)c1. The maximum Gasteiger partial charge on any atom is 0.252 e. The van der Waals surface area contributed by atoms with Gasteiger partial charge in [0.05, 0.1) is 5.56 Å². The minimum Gasteiger partial charge on any atom is -0.352 e. The molecule has 1 aromatic rings. The summed E-state index contributed by atoms with van der Waals surface area (Å²) in [5.41, 5.74) is 2.28. The van der Waals surface area contributed by atoms with E-state index in [0.717, 1.165) is 16.6 Å². The molecule has 2 nitrogen and oxygen atoms in total. The van der Waals surface area contributed by atoms with Crippen molar-refractivity contribution in [3.63, 3.8) is 0 Å². The number of amides is 1. The van der Waals surface area contributed by atoms with Crippen LogP contribution < -0.4 is 5.32 Å². The average molecular weight is 296 g/mol. The minimum atomic E-state index is 0.0135. The molecule has 0 spiro atoms. The lowest BCUT2D eigenvalue weighted by Gasteiger charge is -2.08. The number of benzene rings is 1. The molecule has 17 heavy (non-hydrogen) atoms. The van der Waals surface area contributed by atoms with E-state index in [1.165, 1.54) is 6.42 Å². The van der Waals surface area contributed by atoms with E-state index in [9.17, 15) is 4.79 Å². The first-order valence-corrected chi connectivity index (χ1v) is 6.74. The summed E-state index contributed by atoms with van der Waals surface area (Å²) in [6.45, 7) is 7.28. The van der Waals surface area contributed by atoms with Crippen molar-refractivity contribution in [1.82, 2.24) is 5.32 Å². The van der Waals surface area contributed by atoms with Gasteiger partial charge in [-0.15, -0.1) is 0 Å². The fourth-order valence-corrected chi connectivity index (χ4v) is 2.71. The molecular formula is C14H18BrNO. The summed E-state index contributed by atoms with van der Waals surface area (Å²) in [4.78, 5) is 12.0. The lowest BCUT2D eigenvalue weighted by molar-refractivity contribution is 0.0950. The summed E-state index contributed by atoms with van der Waals surface area (Å²) in [5.74, 6) is 0.648. The van der Waals surface area contributed by atoms with Crippen LogP contribution in [0.25, 0.3) is 0 Å². The molecule has 2 rings (SSSR count). The topological polar surface area (TPSA) is 29.1 Å². The molecule has 1 N–H and O–H groups in total. The largest absolute Gasteiger partial charge is 0.352 e. The second-order valence-electron chi connectivity index (χ2n) is 5.58. The van der Waals surface area contributed by atoms with Crippen LogP contribution >= 0.6 is 15.9 Å². The van der Waals surface area contributed by atoms with Gasteiger partial charge in [-0.25, -0.2) is 0 Å². The van der Waals surface area contributed by atoms with Crippen molar-refractivity contribution in [3.05, 3.63) is 33.8 Å². The van der Waals surface area contributed by atoms with E-state index in [4.69, 9.17) is 0 Å². The van der Waals surface area contributed by atoms with Crippen LogP contribution in [0, 0.1) is 18.3 Å². The van der Waals surface area contributed by atoms with Gasteiger partial charge in [0, 0.05) is 11.0 Å². The Morgan fingerprint density at radius 2 is 2.18 bits per heavy atom. The highest BCUT2D eigenvalue weighted by atomic mass is 79.9. The highest BCUT2D eigenvalue weighted by molar-refractivity contribution is 9.10. The predicted octanol–water partition coefficient (Wildman–Crippen LogP) is 3.53. The number of hydrogen-bond donors (Lipinski definition) is 1. The Labute approximate surface area is 111 Å². The van der Waals surface area contributed by atoms with E-state index in [-0.39, 0.29) is 5.91 Å². The van der Waals surface area contributed by atoms with Gasteiger partial charge in [-0.1, -0.05) is 19.9 Å². The van der Waals surface area contributed by atoms with Gasteiger partial charge in [0.25, 0.3) is 5.91 Å². The Kier molecular flexibility index (Phi) is 3.30. The van der Waals surface area contributed by atoms with Crippen molar-refractivity contribution in [1.29, 1.82) is 0 Å². The molecule has 0 heterocycles. The summed E-state index contributed by atoms with van der Waals surface area (Å²) in [6, 6.07) is 5.80. The summed E-state index contributed by atoms with van der Waals surface area (Å²) in [6.07, 6.45) is 1.21. The quantitative estimate of drug-likeness (QED) is 0.908. The normalized spacial score (nSPS) is 21.1. The van der Waals surface area contributed by atoms with Gasteiger partial charge in [0.15, 0.2) is 0 Å². The molecule has 1 amide bonds. The fraction of sp³-hybridized carbons (Fsp3) is 0.500. The minimum absolute atomic E-state index is 0.0135. The molecule has 1 fully saturated rings. The summed E-state index contributed by atoms with van der Waals surface area (Å²) < 4.78 is 0.866. The smallest absolute Gasteiger partial charge is 0.252 e. The van der Waals surface area contributed by atoms with Gasteiger partial charge in [0.2, 0.25) is 0 Å². The van der Waals surface area contributed by atoms with Crippen molar-refractivity contribution >= 4 is 21.8 Å². The predicted molar refractivity (Wildman–Crippen MR) is 73.1 cm³/mol. The second kappa shape index (κ2) is 4.45. The fourth-order valence-electron chi connectivity index (χ4n) is 2.04. The molecule has 0 aliphatic heterocycles. The molecule has 1 aliphatic rings. The van der Waals surface area contributed by atoms with Gasteiger partial charge in [-0.3, -0.25) is 4.79 Å². The zero-order chi connectivity index (χ0) is 12.6. The van der Waals surface area contributed by atoms with Crippen LogP contribution in [0.1, 0.15) is 36.2 Å². The highest BCUT2D eigenvalue weighted by Gasteiger charge is 2.45. The molecule has 1 aromatic carbocycles. The first kappa shape index (κ1) is 12.6. The lowest BCUT2D eigenvalue weighted by Crippen LogP contribution is -2.26. The Balaban J connectivity index is 1.96. The molecule has 1 unspecified atom stereocenters. The molecule has 0 saturated heterocycles. The lowest BCUT2D eigenvalue weighted by atomic mass is 10.1. The molecule has 0 bridgehead atoms. The van der Waals surface area contributed by atoms with Crippen molar-refractivity contribution in [2.75, 3.05) is 6.54 Å². The first-order chi connectivity index (χ1) is 7.90.